The molecule has 1 aromatic carbocycles. The minimum Gasteiger partial charge on any atom is -0.490 e. The normalized spacial score (nSPS) is 13.7. The van der Waals surface area contributed by atoms with Crippen LogP contribution in [0.4, 0.5) is 11.6 Å². The molecule has 0 aliphatic carbocycles. The van der Waals surface area contributed by atoms with Gasteiger partial charge in [0.15, 0.2) is 11.5 Å². The van der Waals surface area contributed by atoms with E-state index >= 15 is 0 Å². The molecule has 2 aromatic rings. The second-order valence-electron chi connectivity index (χ2n) is 4.06. The maximum atomic E-state index is 5.64. The first-order chi connectivity index (χ1) is 9.31. The summed E-state index contributed by atoms with van der Waals surface area (Å²) in [7, 11) is 0. The van der Waals surface area contributed by atoms with E-state index < -0.39 is 0 Å². The standard InChI is InChI=1S/C13H12IN3O2/c14-9-7-15-13(16-8-9)17-10-2-3-11-12(6-10)19-5-1-4-18-11/h2-3,6-8H,1,4-5H2,(H,15,16,17). The van der Waals surface area contributed by atoms with Crippen molar-refractivity contribution in [2.75, 3.05) is 18.5 Å². The van der Waals surface area contributed by atoms with Crippen LogP contribution in [0, 0.1) is 3.57 Å². The van der Waals surface area contributed by atoms with E-state index in [-0.39, 0.29) is 0 Å². The minimum atomic E-state index is 0.565. The summed E-state index contributed by atoms with van der Waals surface area (Å²) < 4.78 is 12.2. The van der Waals surface area contributed by atoms with Crippen LogP contribution in [-0.4, -0.2) is 23.2 Å². The number of benzene rings is 1. The number of aromatic nitrogens is 2. The summed E-state index contributed by atoms with van der Waals surface area (Å²) in [5, 5.41) is 3.14. The van der Waals surface area contributed by atoms with Gasteiger partial charge in [-0.1, -0.05) is 0 Å². The van der Waals surface area contributed by atoms with Crippen LogP contribution >= 0.6 is 22.6 Å². The van der Waals surface area contributed by atoms with Crippen LogP contribution in [0.2, 0.25) is 0 Å². The summed E-state index contributed by atoms with van der Waals surface area (Å²) in [6.45, 7) is 1.37. The zero-order chi connectivity index (χ0) is 13.1. The van der Waals surface area contributed by atoms with Crippen molar-refractivity contribution in [3.05, 3.63) is 34.2 Å². The number of rotatable bonds is 2. The van der Waals surface area contributed by atoms with Crippen molar-refractivity contribution < 1.29 is 9.47 Å². The zero-order valence-corrected chi connectivity index (χ0v) is 12.3. The van der Waals surface area contributed by atoms with E-state index in [1.807, 2.05) is 18.2 Å². The third kappa shape index (κ3) is 3.06. The quantitative estimate of drug-likeness (QED) is 0.825. The Morgan fingerprint density at radius 3 is 2.58 bits per heavy atom. The highest BCUT2D eigenvalue weighted by molar-refractivity contribution is 14.1. The number of nitrogens with zero attached hydrogens (tertiary/aromatic N) is 2. The molecule has 0 amide bonds. The Morgan fingerprint density at radius 2 is 1.79 bits per heavy atom. The Bertz CT molecular complexity index is 575. The molecule has 0 fully saturated rings. The molecule has 6 heteroatoms. The third-order valence-corrected chi connectivity index (χ3v) is 3.18. The molecule has 19 heavy (non-hydrogen) atoms. The lowest BCUT2D eigenvalue weighted by atomic mass is 10.3. The molecular formula is C13H12IN3O2. The maximum absolute atomic E-state index is 5.64. The van der Waals surface area contributed by atoms with E-state index in [4.69, 9.17) is 9.47 Å². The van der Waals surface area contributed by atoms with E-state index in [0.29, 0.717) is 19.2 Å². The first-order valence-corrected chi connectivity index (χ1v) is 7.03. The Kier molecular flexibility index (Phi) is 3.67. The largest absolute Gasteiger partial charge is 0.490 e. The molecule has 5 nitrogen and oxygen atoms in total. The number of fused-ring (bicyclic) bond motifs is 1. The van der Waals surface area contributed by atoms with Gasteiger partial charge in [0.2, 0.25) is 5.95 Å². The van der Waals surface area contributed by atoms with Crippen LogP contribution in [0.3, 0.4) is 0 Å². The van der Waals surface area contributed by atoms with Crippen LogP contribution in [0.15, 0.2) is 30.6 Å². The highest BCUT2D eigenvalue weighted by Gasteiger charge is 2.10. The molecule has 98 valence electrons. The number of ether oxygens (including phenoxy) is 2. The number of nitrogens with one attached hydrogen (secondary N) is 1. The molecule has 3 rings (SSSR count). The Balaban J connectivity index is 1.81. The first-order valence-electron chi connectivity index (χ1n) is 5.95. The SMILES string of the molecule is Ic1cnc(Nc2ccc3c(c2)OCCCO3)nc1. The fourth-order valence-corrected chi connectivity index (χ4v) is 2.03. The van der Waals surface area contributed by atoms with Gasteiger partial charge >= 0.3 is 0 Å². The molecular weight excluding hydrogens is 357 g/mol. The van der Waals surface area contributed by atoms with Crippen LogP contribution in [0.5, 0.6) is 11.5 Å². The highest BCUT2D eigenvalue weighted by Crippen LogP contribution is 2.32. The van der Waals surface area contributed by atoms with Gasteiger partial charge in [-0.3, -0.25) is 0 Å². The maximum Gasteiger partial charge on any atom is 0.227 e. The average Bonchev–Trinajstić information content (AvgIpc) is 2.66. The first kappa shape index (κ1) is 12.5. The fraction of sp³-hybridized carbons (Fsp3) is 0.231. The van der Waals surface area contributed by atoms with E-state index in [1.54, 1.807) is 12.4 Å². The van der Waals surface area contributed by atoms with Gasteiger partial charge in [-0.2, -0.15) is 0 Å². The van der Waals surface area contributed by atoms with Gasteiger partial charge in [0.1, 0.15) is 0 Å². The van der Waals surface area contributed by atoms with E-state index in [9.17, 15) is 0 Å². The number of halogens is 1. The molecule has 0 radical (unpaired) electrons. The smallest absolute Gasteiger partial charge is 0.227 e. The molecule has 0 saturated heterocycles. The highest BCUT2D eigenvalue weighted by atomic mass is 127. The number of hydrogen-bond acceptors (Lipinski definition) is 5. The summed E-state index contributed by atoms with van der Waals surface area (Å²) >= 11 is 2.17. The van der Waals surface area contributed by atoms with Gasteiger partial charge in [-0.25, -0.2) is 9.97 Å². The lowest BCUT2D eigenvalue weighted by Crippen LogP contribution is -1.98. The monoisotopic (exact) mass is 369 g/mol. The van der Waals surface area contributed by atoms with Crippen molar-refractivity contribution in [1.29, 1.82) is 0 Å². The van der Waals surface area contributed by atoms with Crippen LogP contribution in [0.1, 0.15) is 6.42 Å². The molecule has 0 atom stereocenters. The molecule has 1 aliphatic heterocycles. The Labute approximate surface area is 124 Å². The molecule has 1 N–H and O–H groups in total. The molecule has 1 aromatic heterocycles. The molecule has 2 heterocycles. The van der Waals surface area contributed by atoms with E-state index in [1.165, 1.54) is 0 Å². The van der Waals surface area contributed by atoms with Gasteiger partial charge in [-0.15, -0.1) is 0 Å². The zero-order valence-electron chi connectivity index (χ0n) is 10.1. The van der Waals surface area contributed by atoms with Gasteiger partial charge < -0.3 is 14.8 Å². The van der Waals surface area contributed by atoms with Gasteiger partial charge in [0, 0.05) is 34.1 Å². The lowest BCUT2D eigenvalue weighted by molar-refractivity contribution is 0.297. The Hall–Kier alpha value is -1.57. The van der Waals surface area contributed by atoms with Crippen molar-refractivity contribution in [3.8, 4) is 11.5 Å². The molecule has 1 aliphatic rings. The molecule has 0 saturated carbocycles. The second kappa shape index (κ2) is 5.60. The fourth-order valence-electron chi connectivity index (χ4n) is 1.75. The summed E-state index contributed by atoms with van der Waals surface area (Å²) in [5.74, 6) is 2.11. The molecule has 0 spiro atoms. The molecule has 0 unspecified atom stereocenters. The van der Waals surface area contributed by atoms with Crippen molar-refractivity contribution >= 4 is 34.2 Å². The van der Waals surface area contributed by atoms with E-state index in [0.717, 1.165) is 27.2 Å². The summed E-state index contributed by atoms with van der Waals surface area (Å²) in [6.07, 6.45) is 4.43. The van der Waals surface area contributed by atoms with Crippen molar-refractivity contribution in [3.63, 3.8) is 0 Å². The van der Waals surface area contributed by atoms with Crippen molar-refractivity contribution in [1.82, 2.24) is 9.97 Å². The number of anilines is 2. The Morgan fingerprint density at radius 1 is 1.05 bits per heavy atom. The third-order valence-electron chi connectivity index (χ3n) is 2.62. The topological polar surface area (TPSA) is 56.3 Å². The van der Waals surface area contributed by atoms with Crippen molar-refractivity contribution in [2.45, 2.75) is 6.42 Å². The van der Waals surface area contributed by atoms with Crippen LogP contribution in [0.25, 0.3) is 0 Å². The van der Waals surface area contributed by atoms with Gasteiger partial charge in [-0.05, 0) is 34.7 Å². The average molecular weight is 369 g/mol. The van der Waals surface area contributed by atoms with Crippen LogP contribution in [-0.2, 0) is 0 Å². The van der Waals surface area contributed by atoms with Gasteiger partial charge in [0.05, 0.1) is 13.2 Å². The molecule has 0 bridgehead atoms. The lowest BCUT2D eigenvalue weighted by Gasteiger charge is -2.10. The second-order valence-corrected chi connectivity index (χ2v) is 5.31. The summed E-state index contributed by atoms with van der Waals surface area (Å²) in [4.78, 5) is 8.40. The van der Waals surface area contributed by atoms with Crippen molar-refractivity contribution in [2.24, 2.45) is 0 Å². The van der Waals surface area contributed by atoms with Gasteiger partial charge in [0.25, 0.3) is 0 Å². The predicted octanol–water partition coefficient (Wildman–Crippen LogP) is 2.99. The van der Waals surface area contributed by atoms with Crippen LogP contribution < -0.4 is 14.8 Å². The summed E-state index contributed by atoms with van der Waals surface area (Å²) in [6, 6.07) is 5.73. The predicted molar refractivity (Wildman–Crippen MR) is 80.1 cm³/mol. The van der Waals surface area contributed by atoms with E-state index in [2.05, 4.69) is 37.9 Å². The number of hydrogen-bond donors (Lipinski definition) is 1. The summed E-state index contributed by atoms with van der Waals surface area (Å²) in [5.41, 5.74) is 0.880. The minimum absolute atomic E-state index is 0.565.